The molecule has 8 nitrogen and oxygen atoms in total. The molecule has 1 fully saturated rings. The van der Waals surface area contributed by atoms with E-state index in [1.54, 1.807) is 40.8 Å². The maximum atomic E-state index is 12.3. The molecule has 1 saturated carbocycles. The van der Waals surface area contributed by atoms with Crippen molar-refractivity contribution in [3.8, 4) is 0 Å². The molecule has 3 aromatic heterocycles. The van der Waals surface area contributed by atoms with Gasteiger partial charge in [0, 0.05) is 25.2 Å². The molecular formula is C18H23N7OS. The number of amides is 1. The average Bonchev–Trinajstić information content (AvgIpc) is 3.44. The molecule has 27 heavy (non-hydrogen) atoms. The summed E-state index contributed by atoms with van der Waals surface area (Å²) in [5.74, 6) is 0.944. The van der Waals surface area contributed by atoms with E-state index in [0.717, 1.165) is 29.5 Å². The number of carbonyl (C=O) groups excluding carboxylic acids is 1. The minimum absolute atomic E-state index is 0.0901. The Labute approximate surface area is 161 Å². The molecule has 9 heteroatoms. The van der Waals surface area contributed by atoms with Gasteiger partial charge in [-0.25, -0.2) is 0 Å². The summed E-state index contributed by atoms with van der Waals surface area (Å²) in [7, 11) is 0. The Bertz CT molecular complexity index is 929. The molecule has 0 atom stereocenters. The smallest absolute Gasteiger partial charge is 0.252 e. The van der Waals surface area contributed by atoms with Crippen LogP contribution in [0.2, 0.25) is 0 Å². The highest BCUT2D eigenvalue weighted by atomic mass is 32.2. The molecule has 0 bridgehead atoms. The van der Waals surface area contributed by atoms with E-state index in [1.807, 2.05) is 6.26 Å². The second-order valence-electron chi connectivity index (χ2n) is 6.78. The van der Waals surface area contributed by atoms with Crippen LogP contribution in [0, 0.1) is 0 Å². The second kappa shape index (κ2) is 8.08. The van der Waals surface area contributed by atoms with Gasteiger partial charge in [-0.05, 0) is 37.7 Å². The van der Waals surface area contributed by atoms with Gasteiger partial charge in [0.25, 0.3) is 5.91 Å². The van der Waals surface area contributed by atoms with Crippen LogP contribution < -0.4 is 5.32 Å². The van der Waals surface area contributed by atoms with Crippen molar-refractivity contribution >= 4 is 23.3 Å². The number of nitrogens with one attached hydrogen (secondary N) is 1. The monoisotopic (exact) mass is 385 g/mol. The third kappa shape index (κ3) is 3.83. The zero-order valence-corrected chi connectivity index (χ0v) is 16.2. The van der Waals surface area contributed by atoms with Crippen LogP contribution in [-0.4, -0.2) is 48.1 Å². The molecular weight excluding hydrogens is 362 g/mol. The summed E-state index contributed by atoms with van der Waals surface area (Å²) in [6.45, 7) is 0.602. The van der Waals surface area contributed by atoms with Crippen LogP contribution in [0.4, 0.5) is 0 Å². The van der Waals surface area contributed by atoms with Crippen molar-refractivity contribution in [2.75, 3.05) is 12.8 Å². The molecule has 4 rings (SSSR count). The number of hydrogen-bond acceptors (Lipinski definition) is 6. The predicted molar refractivity (Wildman–Crippen MR) is 103 cm³/mol. The highest BCUT2D eigenvalue weighted by Crippen LogP contribution is 2.33. The number of aryl methyl sites for hydroxylation is 1. The lowest BCUT2D eigenvalue weighted by molar-refractivity contribution is 0.0952. The van der Waals surface area contributed by atoms with Crippen LogP contribution in [0.25, 0.3) is 5.65 Å². The van der Waals surface area contributed by atoms with Gasteiger partial charge in [-0.2, -0.15) is 0 Å². The van der Waals surface area contributed by atoms with Gasteiger partial charge in [0.05, 0.1) is 5.56 Å². The lowest BCUT2D eigenvalue weighted by Gasteiger charge is -2.16. The first-order valence-corrected chi connectivity index (χ1v) is 10.5. The largest absolute Gasteiger partial charge is 0.352 e. The Morgan fingerprint density at radius 2 is 2.11 bits per heavy atom. The highest BCUT2D eigenvalue weighted by Gasteiger charge is 2.23. The van der Waals surface area contributed by atoms with Gasteiger partial charge < -0.3 is 9.88 Å². The molecule has 0 unspecified atom stereocenters. The molecule has 0 saturated heterocycles. The summed E-state index contributed by atoms with van der Waals surface area (Å²) < 4.78 is 4.06. The Balaban J connectivity index is 1.33. The van der Waals surface area contributed by atoms with E-state index in [2.05, 4.69) is 30.3 Å². The summed E-state index contributed by atoms with van der Waals surface area (Å²) >= 11 is 1.65. The third-order valence-electron chi connectivity index (χ3n) is 5.02. The van der Waals surface area contributed by atoms with Crippen LogP contribution >= 0.6 is 11.8 Å². The van der Waals surface area contributed by atoms with E-state index < -0.39 is 0 Å². The fraction of sp³-hybridized carbons (Fsp3) is 0.500. The van der Waals surface area contributed by atoms with E-state index in [4.69, 9.17) is 0 Å². The number of pyridine rings is 1. The van der Waals surface area contributed by atoms with Crippen LogP contribution in [0.5, 0.6) is 0 Å². The van der Waals surface area contributed by atoms with Gasteiger partial charge in [0.1, 0.15) is 12.2 Å². The average molecular weight is 385 g/mol. The minimum atomic E-state index is -0.0901. The molecule has 142 valence electrons. The van der Waals surface area contributed by atoms with Crippen molar-refractivity contribution in [3.63, 3.8) is 0 Å². The lowest BCUT2D eigenvalue weighted by atomic mass is 10.2. The van der Waals surface area contributed by atoms with Crippen LogP contribution in [0.3, 0.4) is 0 Å². The van der Waals surface area contributed by atoms with Crippen LogP contribution in [0.1, 0.15) is 54.3 Å². The van der Waals surface area contributed by atoms with E-state index in [-0.39, 0.29) is 5.91 Å². The lowest BCUT2D eigenvalue weighted by Crippen LogP contribution is -2.25. The normalized spacial score (nSPS) is 14.9. The Morgan fingerprint density at radius 3 is 2.93 bits per heavy atom. The predicted octanol–water partition coefficient (Wildman–Crippen LogP) is 2.52. The number of rotatable bonds is 7. The van der Waals surface area contributed by atoms with E-state index in [9.17, 15) is 4.79 Å². The molecule has 0 aliphatic heterocycles. The van der Waals surface area contributed by atoms with Gasteiger partial charge in [-0.15, -0.1) is 20.4 Å². The van der Waals surface area contributed by atoms with E-state index in [1.165, 1.54) is 25.7 Å². The SMILES string of the molecule is CSc1nnc(CCCNC(=O)c2ccc3nncn3c2)n1C1CCCC1. The molecule has 1 amide bonds. The first kappa shape index (κ1) is 18.0. The maximum absolute atomic E-state index is 12.3. The van der Waals surface area contributed by atoms with Gasteiger partial charge in [0.2, 0.25) is 0 Å². The Hall–Kier alpha value is -2.42. The topological polar surface area (TPSA) is 90.0 Å². The van der Waals surface area contributed by atoms with Crippen molar-refractivity contribution in [1.82, 2.24) is 34.7 Å². The van der Waals surface area contributed by atoms with Gasteiger partial charge >= 0.3 is 0 Å². The first-order valence-electron chi connectivity index (χ1n) is 9.31. The van der Waals surface area contributed by atoms with Crippen molar-refractivity contribution < 1.29 is 4.79 Å². The van der Waals surface area contributed by atoms with Gasteiger partial charge in [-0.3, -0.25) is 9.20 Å². The van der Waals surface area contributed by atoms with Crippen molar-refractivity contribution in [2.45, 2.75) is 49.7 Å². The fourth-order valence-corrected chi connectivity index (χ4v) is 4.23. The minimum Gasteiger partial charge on any atom is -0.352 e. The van der Waals surface area contributed by atoms with Gasteiger partial charge in [0.15, 0.2) is 10.8 Å². The van der Waals surface area contributed by atoms with E-state index in [0.29, 0.717) is 18.2 Å². The summed E-state index contributed by atoms with van der Waals surface area (Å²) in [6.07, 6.45) is 12.0. The van der Waals surface area contributed by atoms with Gasteiger partial charge in [-0.1, -0.05) is 24.6 Å². The summed E-state index contributed by atoms with van der Waals surface area (Å²) in [5.41, 5.74) is 1.32. The molecule has 3 heterocycles. The second-order valence-corrected chi connectivity index (χ2v) is 7.56. The highest BCUT2D eigenvalue weighted by molar-refractivity contribution is 7.98. The number of hydrogen-bond donors (Lipinski definition) is 1. The number of carbonyl (C=O) groups is 1. The number of thioether (sulfide) groups is 1. The van der Waals surface area contributed by atoms with Crippen molar-refractivity contribution in [3.05, 3.63) is 36.0 Å². The van der Waals surface area contributed by atoms with Crippen molar-refractivity contribution in [2.24, 2.45) is 0 Å². The number of fused-ring (bicyclic) bond motifs is 1. The van der Waals surface area contributed by atoms with Crippen LogP contribution in [-0.2, 0) is 6.42 Å². The maximum Gasteiger partial charge on any atom is 0.252 e. The molecule has 1 aliphatic rings. The molecule has 0 spiro atoms. The standard InChI is InChI=1S/C18H23N7OS/c1-27-18-23-22-16(25(18)14-5-2-3-6-14)7-4-10-19-17(26)13-8-9-15-21-20-12-24(15)11-13/h8-9,11-12,14H,2-7,10H2,1H3,(H,19,26). The molecule has 1 N–H and O–H groups in total. The quantitative estimate of drug-likeness (QED) is 0.496. The first-order chi connectivity index (χ1) is 13.3. The molecule has 3 aromatic rings. The zero-order valence-electron chi connectivity index (χ0n) is 15.3. The fourth-order valence-electron chi connectivity index (χ4n) is 3.66. The molecule has 0 radical (unpaired) electrons. The third-order valence-corrected chi connectivity index (χ3v) is 5.67. The van der Waals surface area contributed by atoms with Crippen LogP contribution in [0.15, 0.2) is 29.8 Å². The number of aromatic nitrogens is 6. The Kier molecular flexibility index (Phi) is 5.38. The summed E-state index contributed by atoms with van der Waals surface area (Å²) in [4.78, 5) is 12.3. The zero-order chi connectivity index (χ0) is 18.6. The molecule has 0 aromatic carbocycles. The summed E-state index contributed by atoms with van der Waals surface area (Å²) in [5, 5.41) is 20.5. The Morgan fingerprint density at radius 1 is 1.26 bits per heavy atom. The number of nitrogens with zero attached hydrogens (tertiary/aromatic N) is 6. The van der Waals surface area contributed by atoms with Crippen molar-refractivity contribution in [1.29, 1.82) is 0 Å². The van der Waals surface area contributed by atoms with E-state index >= 15 is 0 Å². The molecule has 1 aliphatic carbocycles. The summed E-state index contributed by atoms with van der Waals surface area (Å²) in [6, 6.07) is 4.08.